The van der Waals surface area contributed by atoms with E-state index in [1.54, 1.807) is 0 Å². The fourth-order valence-electron chi connectivity index (χ4n) is 11.1. The lowest BCUT2D eigenvalue weighted by Gasteiger charge is -2.15. The normalized spacial score (nSPS) is 11.6. The van der Waals surface area contributed by atoms with Gasteiger partial charge in [-0.1, -0.05) is 255 Å². The number of fused-ring (bicyclic) bond motifs is 7. The van der Waals surface area contributed by atoms with Crippen molar-refractivity contribution in [2.75, 3.05) is 0 Å². The largest absolute Gasteiger partial charge is 0.455 e. The molecule has 2 aromatic heterocycles. The highest BCUT2D eigenvalue weighted by Crippen LogP contribution is 2.53. The van der Waals surface area contributed by atoms with Gasteiger partial charge in [0.05, 0.1) is 0 Å². The van der Waals surface area contributed by atoms with Gasteiger partial charge >= 0.3 is 0 Å². The van der Waals surface area contributed by atoms with Crippen LogP contribution in [0.2, 0.25) is 0 Å². The molecule has 0 aliphatic carbocycles. The first-order valence-electron chi connectivity index (χ1n) is 24.6. The van der Waals surface area contributed by atoms with Gasteiger partial charge in [-0.3, -0.25) is 0 Å². The van der Waals surface area contributed by atoms with E-state index in [9.17, 15) is 0 Å². The number of hydrogen-bond acceptors (Lipinski definition) is 2. The minimum absolute atomic E-state index is 0.813. The second kappa shape index (κ2) is 17.2. The molecule has 0 fully saturated rings. The van der Waals surface area contributed by atoms with Crippen molar-refractivity contribution in [1.82, 2.24) is 0 Å². The SMILES string of the molecule is c1ccc(-c2oc3c(cc(-c4ccc(-c5cccc6ccccc56)cc4)c4c5oc(-c6ccccc6)c(-c6ccccc6)c5cc(-c5ccc(-c6cccc7ccccc67)cc5)c34)c2-c2ccccc2)cc1. The van der Waals surface area contributed by atoms with E-state index < -0.39 is 0 Å². The van der Waals surface area contributed by atoms with E-state index in [0.717, 1.165) is 111 Å². The Labute approximate surface area is 417 Å². The van der Waals surface area contributed by atoms with Crippen LogP contribution in [0.4, 0.5) is 0 Å². The van der Waals surface area contributed by atoms with Crippen LogP contribution in [0.1, 0.15) is 0 Å². The Morgan fingerprint density at radius 3 is 0.889 bits per heavy atom. The standard InChI is InChI=1S/C70H44O2/c1-5-21-51(22-6-1)63-61-43-59(49-39-35-47(36-40-49)57-33-17-29-45-19-13-15-31-55(45)57)66-65(69(61)71-67(63)53-25-9-3-10-26-53)60(50-41-37-48(38-42-50)58-34-18-30-46-20-14-16-32-56(46)58)44-62-64(52-23-7-2-8-24-52)68(72-70(62)66)54-27-11-4-12-28-54/h1-44H. The van der Waals surface area contributed by atoms with Crippen LogP contribution in [-0.2, 0) is 0 Å². The highest BCUT2D eigenvalue weighted by molar-refractivity contribution is 6.29. The van der Waals surface area contributed by atoms with Crippen LogP contribution in [-0.4, -0.2) is 0 Å². The summed E-state index contributed by atoms with van der Waals surface area (Å²) in [6.45, 7) is 0. The number of furan rings is 2. The minimum Gasteiger partial charge on any atom is -0.455 e. The summed E-state index contributed by atoms with van der Waals surface area (Å²) < 4.78 is 15.0. The van der Waals surface area contributed by atoms with Crippen molar-refractivity contribution in [3.63, 3.8) is 0 Å². The van der Waals surface area contributed by atoms with Crippen LogP contribution in [0.3, 0.4) is 0 Å². The summed E-state index contributed by atoms with van der Waals surface area (Å²) in [6, 6.07) is 95.8. The average molecular weight is 917 g/mol. The van der Waals surface area contributed by atoms with Gasteiger partial charge in [0.2, 0.25) is 0 Å². The third kappa shape index (κ3) is 6.88. The molecule has 0 aliphatic heterocycles. The third-order valence-electron chi connectivity index (χ3n) is 14.5. The maximum Gasteiger partial charge on any atom is 0.144 e. The lowest BCUT2D eigenvalue weighted by Crippen LogP contribution is -1.90. The van der Waals surface area contributed by atoms with Crippen molar-refractivity contribution in [2.45, 2.75) is 0 Å². The Morgan fingerprint density at radius 2 is 0.514 bits per heavy atom. The molecule has 0 saturated carbocycles. The zero-order chi connectivity index (χ0) is 47.5. The van der Waals surface area contributed by atoms with E-state index in [4.69, 9.17) is 8.83 Å². The minimum atomic E-state index is 0.813. The molecule has 0 aliphatic rings. The van der Waals surface area contributed by atoms with Crippen molar-refractivity contribution >= 4 is 54.3 Å². The summed E-state index contributed by atoms with van der Waals surface area (Å²) in [5.74, 6) is 1.65. The summed E-state index contributed by atoms with van der Waals surface area (Å²) in [5, 5.41) is 8.97. The molecular weight excluding hydrogens is 873 g/mol. The summed E-state index contributed by atoms with van der Waals surface area (Å²) in [6.07, 6.45) is 0. The van der Waals surface area contributed by atoms with E-state index in [-0.39, 0.29) is 0 Å². The van der Waals surface area contributed by atoms with Crippen molar-refractivity contribution < 1.29 is 8.83 Å². The predicted octanol–water partition coefficient (Wildman–Crippen LogP) is 20.0. The molecule has 14 aromatic rings. The quantitative estimate of drug-likeness (QED) is 0.152. The van der Waals surface area contributed by atoms with E-state index in [2.05, 4.69) is 267 Å². The average Bonchev–Trinajstić information content (AvgIpc) is 4.05. The Bertz CT molecular complexity index is 4020. The monoisotopic (exact) mass is 916 g/mol. The van der Waals surface area contributed by atoms with E-state index in [0.29, 0.717) is 0 Å². The Morgan fingerprint density at radius 1 is 0.208 bits per heavy atom. The summed E-state index contributed by atoms with van der Waals surface area (Å²) in [5.41, 5.74) is 17.0. The van der Waals surface area contributed by atoms with Gasteiger partial charge in [-0.15, -0.1) is 0 Å². The highest BCUT2D eigenvalue weighted by Gasteiger charge is 2.29. The van der Waals surface area contributed by atoms with Crippen LogP contribution >= 0.6 is 0 Å². The molecule has 72 heavy (non-hydrogen) atoms. The number of rotatable bonds is 8. The zero-order valence-corrected chi connectivity index (χ0v) is 39.2. The summed E-state index contributed by atoms with van der Waals surface area (Å²) >= 11 is 0. The first-order chi connectivity index (χ1) is 35.7. The molecule has 0 N–H and O–H groups in total. The van der Waals surface area contributed by atoms with Gasteiger partial charge < -0.3 is 8.83 Å². The molecule has 0 radical (unpaired) electrons. The van der Waals surface area contributed by atoms with Crippen molar-refractivity contribution in [3.05, 3.63) is 267 Å². The van der Waals surface area contributed by atoms with E-state index in [1.807, 2.05) is 0 Å². The smallest absolute Gasteiger partial charge is 0.144 e. The van der Waals surface area contributed by atoms with E-state index in [1.165, 1.54) is 32.7 Å². The second-order valence-electron chi connectivity index (χ2n) is 18.6. The molecule has 336 valence electrons. The molecular formula is C70H44O2. The molecule has 0 atom stereocenters. The van der Waals surface area contributed by atoms with Gasteiger partial charge in [-0.2, -0.15) is 0 Å². The van der Waals surface area contributed by atoms with Crippen molar-refractivity contribution in [3.8, 4) is 89.4 Å². The number of hydrogen-bond donors (Lipinski definition) is 0. The first kappa shape index (κ1) is 41.5. The Balaban J connectivity index is 1.13. The van der Waals surface area contributed by atoms with Gasteiger partial charge in [0.15, 0.2) is 0 Å². The molecule has 0 saturated heterocycles. The van der Waals surface area contributed by atoms with Crippen LogP contribution < -0.4 is 0 Å². The molecule has 12 aromatic carbocycles. The lowest BCUT2D eigenvalue weighted by atomic mass is 9.86. The number of benzene rings is 12. The molecule has 0 unspecified atom stereocenters. The molecule has 2 heterocycles. The van der Waals surface area contributed by atoms with Crippen LogP contribution in [0.5, 0.6) is 0 Å². The topological polar surface area (TPSA) is 26.3 Å². The molecule has 2 heteroatoms. The van der Waals surface area contributed by atoms with Crippen LogP contribution in [0.15, 0.2) is 276 Å². The maximum atomic E-state index is 7.48. The van der Waals surface area contributed by atoms with Crippen LogP contribution in [0.25, 0.3) is 144 Å². The van der Waals surface area contributed by atoms with Gasteiger partial charge in [0, 0.05) is 43.8 Å². The Kier molecular flexibility index (Phi) is 9.89. The maximum absolute atomic E-state index is 7.48. The van der Waals surface area contributed by atoms with Gasteiger partial charge in [-0.25, -0.2) is 0 Å². The molecule has 0 spiro atoms. The summed E-state index contributed by atoms with van der Waals surface area (Å²) in [7, 11) is 0. The Hall–Kier alpha value is -9.50. The zero-order valence-electron chi connectivity index (χ0n) is 39.2. The van der Waals surface area contributed by atoms with Gasteiger partial charge in [0.25, 0.3) is 0 Å². The molecule has 0 amide bonds. The van der Waals surface area contributed by atoms with Gasteiger partial charge in [0.1, 0.15) is 22.7 Å². The fraction of sp³-hybridized carbons (Fsp3) is 0. The van der Waals surface area contributed by atoms with Crippen molar-refractivity contribution in [1.29, 1.82) is 0 Å². The molecule has 2 nitrogen and oxygen atoms in total. The third-order valence-corrected chi connectivity index (χ3v) is 14.5. The second-order valence-corrected chi connectivity index (χ2v) is 18.6. The predicted molar refractivity (Wildman–Crippen MR) is 302 cm³/mol. The first-order valence-corrected chi connectivity index (χ1v) is 24.6. The summed E-state index contributed by atoms with van der Waals surface area (Å²) in [4.78, 5) is 0. The van der Waals surface area contributed by atoms with Crippen molar-refractivity contribution in [2.24, 2.45) is 0 Å². The highest BCUT2D eigenvalue weighted by atomic mass is 16.3. The van der Waals surface area contributed by atoms with Crippen LogP contribution in [0, 0.1) is 0 Å². The lowest BCUT2D eigenvalue weighted by molar-refractivity contribution is 0.633. The van der Waals surface area contributed by atoms with E-state index >= 15 is 0 Å². The molecule has 0 bridgehead atoms. The fourth-order valence-corrected chi connectivity index (χ4v) is 11.1. The van der Waals surface area contributed by atoms with Gasteiger partial charge in [-0.05, 0) is 89.3 Å². The molecule has 14 rings (SSSR count).